The van der Waals surface area contributed by atoms with Crippen LogP contribution in [0.4, 0.5) is 8.78 Å². The number of benzene rings is 1. The number of carbonyl (C=O) groups excluding carboxylic acids is 1. The summed E-state index contributed by atoms with van der Waals surface area (Å²) in [5, 5.41) is 0.547. The minimum atomic E-state index is -0.928. The largest absolute Gasteiger partial charge is 0.373 e. The summed E-state index contributed by atoms with van der Waals surface area (Å²) in [6, 6.07) is 4.14. The van der Waals surface area contributed by atoms with Crippen molar-refractivity contribution in [2.24, 2.45) is 0 Å². The standard InChI is InChI=1S/C26H30F2N2O2/c1-7-9-20(26(8-2,32-6)14-17(5)31)12-24-25-19(15-30(24)16(3)4)10-18-11-21(27)22(28)13-23(18)29-25/h9-13H,3,7-8,14-15H2,1-2,4-6H3/b20-9-,24-12-. The molecule has 1 unspecified atom stereocenters. The lowest BCUT2D eigenvalue weighted by molar-refractivity contribution is -0.121. The highest BCUT2D eigenvalue weighted by molar-refractivity contribution is 5.85. The smallest absolute Gasteiger partial charge is 0.161 e. The van der Waals surface area contributed by atoms with Gasteiger partial charge in [-0.1, -0.05) is 26.5 Å². The van der Waals surface area contributed by atoms with Gasteiger partial charge in [-0.15, -0.1) is 0 Å². The van der Waals surface area contributed by atoms with Crippen LogP contribution in [0.2, 0.25) is 0 Å². The van der Waals surface area contributed by atoms with Gasteiger partial charge in [0.15, 0.2) is 11.6 Å². The number of ether oxygens (including phenoxy) is 1. The molecule has 4 nitrogen and oxygen atoms in total. The van der Waals surface area contributed by atoms with E-state index in [9.17, 15) is 13.6 Å². The predicted octanol–water partition coefficient (Wildman–Crippen LogP) is 6.31. The molecule has 1 atom stereocenters. The fraction of sp³-hybridized carbons (Fsp3) is 0.385. The highest BCUT2D eigenvalue weighted by atomic mass is 19.2. The summed E-state index contributed by atoms with van der Waals surface area (Å²) in [5.74, 6) is -1.78. The number of aromatic nitrogens is 1. The van der Waals surface area contributed by atoms with Crippen LogP contribution in [0.1, 0.15) is 58.2 Å². The minimum absolute atomic E-state index is 0.0410. The minimum Gasteiger partial charge on any atom is -0.373 e. The van der Waals surface area contributed by atoms with E-state index in [0.29, 0.717) is 29.6 Å². The quantitative estimate of drug-likeness (QED) is 0.482. The zero-order valence-electron chi connectivity index (χ0n) is 19.4. The average Bonchev–Trinajstić information content (AvgIpc) is 3.08. The van der Waals surface area contributed by atoms with Gasteiger partial charge in [0.1, 0.15) is 5.78 Å². The van der Waals surface area contributed by atoms with Crippen LogP contribution in [0.15, 0.2) is 48.2 Å². The molecule has 2 aromatic rings. The van der Waals surface area contributed by atoms with E-state index in [1.165, 1.54) is 6.07 Å². The first-order valence-corrected chi connectivity index (χ1v) is 10.8. The number of Topliss-reactive ketones (excluding diaryl/α,β-unsaturated/α-hetero) is 1. The van der Waals surface area contributed by atoms with Crippen LogP contribution >= 0.6 is 0 Å². The predicted molar refractivity (Wildman–Crippen MR) is 124 cm³/mol. The van der Waals surface area contributed by atoms with Crippen molar-refractivity contribution >= 4 is 22.4 Å². The number of pyridine rings is 1. The topological polar surface area (TPSA) is 42.4 Å². The molecular formula is C26H30F2N2O2. The molecule has 32 heavy (non-hydrogen) atoms. The van der Waals surface area contributed by atoms with Gasteiger partial charge in [-0.2, -0.15) is 0 Å². The Labute approximate surface area is 188 Å². The van der Waals surface area contributed by atoms with E-state index >= 15 is 0 Å². The molecule has 0 fully saturated rings. The lowest BCUT2D eigenvalue weighted by atomic mass is 9.84. The Kier molecular flexibility index (Phi) is 6.94. The average molecular weight is 441 g/mol. The molecule has 2 heterocycles. The van der Waals surface area contributed by atoms with E-state index in [0.717, 1.165) is 35.0 Å². The second-order valence-corrected chi connectivity index (χ2v) is 8.30. The second kappa shape index (κ2) is 9.33. The molecule has 1 aromatic carbocycles. The molecule has 1 aliphatic rings. The maximum absolute atomic E-state index is 13.9. The van der Waals surface area contributed by atoms with Crippen LogP contribution in [-0.4, -0.2) is 28.4 Å². The van der Waals surface area contributed by atoms with E-state index in [2.05, 4.69) is 17.6 Å². The third kappa shape index (κ3) is 4.37. The summed E-state index contributed by atoms with van der Waals surface area (Å²) in [6.45, 7) is 12.1. The summed E-state index contributed by atoms with van der Waals surface area (Å²) < 4.78 is 33.6. The normalized spacial score (nSPS) is 17.0. The number of allylic oxidation sites excluding steroid dienone is 2. The number of ketones is 1. The van der Waals surface area contributed by atoms with E-state index in [1.807, 2.05) is 37.8 Å². The number of methoxy groups -OCH3 is 1. The zero-order valence-corrected chi connectivity index (χ0v) is 19.4. The summed E-state index contributed by atoms with van der Waals surface area (Å²) in [6.07, 6.45) is 5.70. The van der Waals surface area contributed by atoms with Crippen LogP contribution in [0.3, 0.4) is 0 Å². The maximum Gasteiger partial charge on any atom is 0.161 e. The van der Waals surface area contributed by atoms with Gasteiger partial charge in [0.2, 0.25) is 0 Å². The second-order valence-electron chi connectivity index (χ2n) is 8.30. The molecule has 0 spiro atoms. The third-order valence-electron chi connectivity index (χ3n) is 6.00. The van der Waals surface area contributed by atoms with Crippen molar-refractivity contribution in [2.75, 3.05) is 7.11 Å². The van der Waals surface area contributed by atoms with Crippen molar-refractivity contribution in [1.29, 1.82) is 0 Å². The maximum atomic E-state index is 13.9. The van der Waals surface area contributed by atoms with E-state index < -0.39 is 17.2 Å². The number of hydrogen-bond donors (Lipinski definition) is 0. The summed E-state index contributed by atoms with van der Waals surface area (Å²) in [4.78, 5) is 18.8. The van der Waals surface area contributed by atoms with Gasteiger partial charge in [-0.25, -0.2) is 13.8 Å². The van der Waals surface area contributed by atoms with E-state index in [-0.39, 0.29) is 12.2 Å². The molecule has 1 aliphatic heterocycles. The van der Waals surface area contributed by atoms with Crippen molar-refractivity contribution in [3.63, 3.8) is 0 Å². The van der Waals surface area contributed by atoms with Crippen LogP contribution in [0.25, 0.3) is 16.6 Å². The van der Waals surface area contributed by atoms with Crippen LogP contribution in [0, 0.1) is 11.6 Å². The summed E-state index contributed by atoms with van der Waals surface area (Å²) in [7, 11) is 1.62. The van der Waals surface area contributed by atoms with Gasteiger partial charge in [0, 0.05) is 36.2 Å². The molecule has 1 aromatic heterocycles. The molecule has 6 heteroatoms. The molecule has 170 valence electrons. The van der Waals surface area contributed by atoms with Gasteiger partial charge < -0.3 is 9.64 Å². The van der Waals surface area contributed by atoms with E-state index in [1.54, 1.807) is 14.0 Å². The molecule has 0 N–H and O–H groups in total. The molecular weight excluding hydrogens is 410 g/mol. The number of rotatable bonds is 8. The first-order chi connectivity index (χ1) is 15.2. The van der Waals surface area contributed by atoms with Crippen molar-refractivity contribution in [1.82, 2.24) is 9.88 Å². The summed E-state index contributed by atoms with van der Waals surface area (Å²) in [5.41, 5.74) is 3.73. The molecule has 0 aliphatic carbocycles. The lowest BCUT2D eigenvalue weighted by Crippen LogP contribution is -2.35. The highest BCUT2D eigenvalue weighted by Gasteiger charge is 2.35. The van der Waals surface area contributed by atoms with Gasteiger partial charge in [-0.05, 0) is 50.5 Å². The van der Waals surface area contributed by atoms with Gasteiger partial charge >= 0.3 is 0 Å². The highest BCUT2D eigenvalue weighted by Crippen LogP contribution is 2.40. The first kappa shape index (κ1) is 23.8. The van der Waals surface area contributed by atoms with Gasteiger partial charge in [0.25, 0.3) is 0 Å². The van der Waals surface area contributed by atoms with Crippen molar-refractivity contribution < 1.29 is 18.3 Å². The number of halogens is 2. The number of hydrogen-bond acceptors (Lipinski definition) is 4. The van der Waals surface area contributed by atoms with E-state index in [4.69, 9.17) is 4.74 Å². The number of carbonyl (C=O) groups is 1. The number of nitrogens with zero attached hydrogens (tertiary/aromatic N) is 2. The SMILES string of the molecule is C=C(C)N1Cc2cc3cc(F)c(F)cc3nc2/C1=C/C(=C/CC)C(CC)(CC(C)=O)OC. The van der Waals surface area contributed by atoms with Crippen LogP contribution < -0.4 is 0 Å². The monoisotopic (exact) mass is 440 g/mol. The van der Waals surface area contributed by atoms with Gasteiger partial charge in [0.05, 0.1) is 29.1 Å². The number of fused-ring (bicyclic) bond motifs is 2. The lowest BCUT2D eigenvalue weighted by Gasteiger charge is -2.33. The summed E-state index contributed by atoms with van der Waals surface area (Å²) >= 11 is 0. The van der Waals surface area contributed by atoms with Crippen LogP contribution in [-0.2, 0) is 16.1 Å². The van der Waals surface area contributed by atoms with Crippen molar-refractivity contribution in [2.45, 2.75) is 59.1 Å². The Morgan fingerprint density at radius 3 is 2.50 bits per heavy atom. The molecule has 0 amide bonds. The Hall–Kier alpha value is -2.86. The zero-order chi connectivity index (χ0) is 23.6. The first-order valence-electron chi connectivity index (χ1n) is 10.8. The fourth-order valence-corrected chi connectivity index (χ4v) is 4.34. The fourth-order valence-electron chi connectivity index (χ4n) is 4.34. The Bertz CT molecular complexity index is 1130. The third-order valence-corrected chi connectivity index (χ3v) is 6.00. The van der Waals surface area contributed by atoms with Crippen molar-refractivity contribution in [3.05, 3.63) is 71.1 Å². The van der Waals surface area contributed by atoms with Gasteiger partial charge in [-0.3, -0.25) is 4.79 Å². The molecule has 3 rings (SSSR count). The molecule has 0 saturated carbocycles. The molecule has 0 radical (unpaired) electrons. The molecule has 0 saturated heterocycles. The Morgan fingerprint density at radius 2 is 1.94 bits per heavy atom. The van der Waals surface area contributed by atoms with Crippen molar-refractivity contribution in [3.8, 4) is 0 Å². The Balaban J connectivity index is 2.24. The molecule has 0 bridgehead atoms. The van der Waals surface area contributed by atoms with Crippen LogP contribution in [0.5, 0.6) is 0 Å². The Morgan fingerprint density at radius 1 is 1.25 bits per heavy atom.